The number of methoxy groups -OCH3 is 2. The van der Waals surface area contributed by atoms with Crippen molar-refractivity contribution in [2.45, 2.75) is 13.5 Å². The standard InChI is InChI=1S/C20H22N2O4/c1-4-22(13-16-7-10-18(24-2)19(11-16)25-3)20(23)14-26-17-8-5-15(12-21)6-9-17/h5-11H,4,13-14H2,1-3H3. The van der Waals surface area contributed by atoms with Crippen molar-refractivity contribution >= 4 is 5.91 Å². The summed E-state index contributed by atoms with van der Waals surface area (Å²) >= 11 is 0. The van der Waals surface area contributed by atoms with Gasteiger partial charge in [-0.15, -0.1) is 0 Å². The minimum Gasteiger partial charge on any atom is -0.493 e. The Balaban J connectivity index is 1.98. The molecule has 136 valence electrons. The second-order valence-corrected chi connectivity index (χ2v) is 5.52. The molecular weight excluding hydrogens is 332 g/mol. The molecule has 0 unspecified atom stereocenters. The lowest BCUT2D eigenvalue weighted by molar-refractivity contribution is -0.133. The molecule has 0 atom stereocenters. The highest BCUT2D eigenvalue weighted by atomic mass is 16.5. The van der Waals surface area contributed by atoms with Crippen molar-refractivity contribution in [3.05, 3.63) is 53.6 Å². The van der Waals surface area contributed by atoms with Crippen LogP contribution in [0.1, 0.15) is 18.1 Å². The van der Waals surface area contributed by atoms with Crippen LogP contribution in [-0.4, -0.2) is 38.2 Å². The van der Waals surface area contributed by atoms with Crippen molar-refractivity contribution in [3.8, 4) is 23.3 Å². The molecule has 0 saturated heterocycles. The lowest BCUT2D eigenvalue weighted by Gasteiger charge is -2.21. The van der Waals surface area contributed by atoms with Gasteiger partial charge in [0.25, 0.3) is 5.91 Å². The zero-order valence-corrected chi connectivity index (χ0v) is 15.2. The van der Waals surface area contributed by atoms with Crippen LogP contribution < -0.4 is 14.2 Å². The summed E-state index contributed by atoms with van der Waals surface area (Å²) in [5, 5.41) is 8.79. The number of carbonyl (C=O) groups is 1. The molecule has 0 saturated carbocycles. The smallest absolute Gasteiger partial charge is 0.260 e. The number of amides is 1. The lowest BCUT2D eigenvalue weighted by atomic mass is 10.2. The van der Waals surface area contributed by atoms with Gasteiger partial charge in [0.2, 0.25) is 0 Å². The number of benzene rings is 2. The van der Waals surface area contributed by atoms with Crippen LogP contribution >= 0.6 is 0 Å². The first-order chi connectivity index (χ1) is 12.6. The van der Waals surface area contributed by atoms with Gasteiger partial charge in [-0.05, 0) is 48.9 Å². The summed E-state index contributed by atoms with van der Waals surface area (Å²) in [5.74, 6) is 1.71. The van der Waals surface area contributed by atoms with E-state index in [1.807, 2.05) is 31.2 Å². The molecule has 0 aromatic heterocycles. The van der Waals surface area contributed by atoms with E-state index in [9.17, 15) is 4.79 Å². The van der Waals surface area contributed by atoms with Gasteiger partial charge in [-0.25, -0.2) is 0 Å². The van der Waals surface area contributed by atoms with Crippen molar-refractivity contribution in [1.29, 1.82) is 5.26 Å². The number of hydrogen-bond acceptors (Lipinski definition) is 5. The Kier molecular flexibility index (Phi) is 6.86. The Labute approximate surface area is 153 Å². The minimum atomic E-state index is -0.119. The molecule has 26 heavy (non-hydrogen) atoms. The van der Waals surface area contributed by atoms with E-state index >= 15 is 0 Å². The van der Waals surface area contributed by atoms with Crippen molar-refractivity contribution in [1.82, 2.24) is 4.90 Å². The lowest BCUT2D eigenvalue weighted by Crippen LogP contribution is -2.34. The monoisotopic (exact) mass is 354 g/mol. The summed E-state index contributed by atoms with van der Waals surface area (Å²) < 4.78 is 16.1. The van der Waals surface area contributed by atoms with Gasteiger partial charge >= 0.3 is 0 Å². The summed E-state index contributed by atoms with van der Waals surface area (Å²) in [6.07, 6.45) is 0. The normalized spacial score (nSPS) is 9.92. The molecule has 2 rings (SSSR count). The van der Waals surface area contributed by atoms with Gasteiger partial charge in [0.15, 0.2) is 18.1 Å². The quantitative estimate of drug-likeness (QED) is 0.729. The van der Waals surface area contributed by atoms with Crippen LogP contribution in [0.25, 0.3) is 0 Å². The van der Waals surface area contributed by atoms with E-state index < -0.39 is 0 Å². The maximum absolute atomic E-state index is 12.4. The second kappa shape index (κ2) is 9.33. The predicted octanol–water partition coefficient (Wildman–Crippen LogP) is 3.00. The zero-order valence-electron chi connectivity index (χ0n) is 15.2. The van der Waals surface area contributed by atoms with Crippen LogP contribution in [0.3, 0.4) is 0 Å². The third-order valence-corrected chi connectivity index (χ3v) is 3.90. The van der Waals surface area contributed by atoms with Crippen molar-refractivity contribution in [2.75, 3.05) is 27.4 Å². The maximum Gasteiger partial charge on any atom is 0.260 e. The van der Waals surface area contributed by atoms with Gasteiger partial charge in [0.05, 0.1) is 25.9 Å². The first-order valence-electron chi connectivity index (χ1n) is 8.22. The van der Waals surface area contributed by atoms with Crippen molar-refractivity contribution in [2.24, 2.45) is 0 Å². The summed E-state index contributed by atoms with van der Waals surface area (Å²) in [5.41, 5.74) is 1.49. The van der Waals surface area contributed by atoms with Gasteiger partial charge < -0.3 is 19.1 Å². The van der Waals surface area contributed by atoms with Crippen LogP contribution in [0.15, 0.2) is 42.5 Å². The summed E-state index contributed by atoms with van der Waals surface area (Å²) in [7, 11) is 3.16. The summed E-state index contributed by atoms with van der Waals surface area (Å²) in [6, 6.07) is 14.3. The van der Waals surface area contributed by atoms with Crippen LogP contribution in [0, 0.1) is 11.3 Å². The number of nitriles is 1. The number of rotatable bonds is 8. The zero-order chi connectivity index (χ0) is 18.9. The fourth-order valence-corrected chi connectivity index (χ4v) is 2.44. The number of hydrogen-bond donors (Lipinski definition) is 0. The third kappa shape index (κ3) is 4.90. The third-order valence-electron chi connectivity index (χ3n) is 3.90. The summed E-state index contributed by atoms with van der Waals surface area (Å²) in [4.78, 5) is 14.1. The summed E-state index contributed by atoms with van der Waals surface area (Å²) in [6.45, 7) is 2.86. The largest absolute Gasteiger partial charge is 0.493 e. The molecule has 2 aromatic rings. The van der Waals surface area contributed by atoms with Gasteiger partial charge in [-0.1, -0.05) is 6.07 Å². The number of carbonyl (C=O) groups excluding carboxylic acids is 1. The Morgan fingerprint density at radius 2 is 1.77 bits per heavy atom. The van der Waals surface area contributed by atoms with E-state index in [0.29, 0.717) is 35.9 Å². The molecule has 0 aliphatic rings. The SMILES string of the molecule is CCN(Cc1ccc(OC)c(OC)c1)C(=O)COc1ccc(C#N)cc1. The van der Waals surface area contributed by atoms with E-state index in [4.69, 9.17) is 19.5 Å². The predicted molar refractivity (Wildman–Crippen MR) is 97.3 cm³/mol. The molecular formula is C20H22N2O4. The second-order valence-electron chi connectivity index (χ2n) is 5.52. The minimum absolute atomic E-state index is 0.0625. The number of likely N-dealkylation sites (N-methyl/N-ethyl adjacent to an activating group) is 1. The van der Waals surface area contributed by atoms with Crippen LogP contribution in [0.5, 0.6) is 17.2 Å². The Morgan fingerprint density at radius 1 is 1.08 bits per heavy atom. The fraction of sp³-hybridized carbons (Fsp3) is 0.300. The van der Waals surface area contributed by atoms with Gasteiger partial charge in [-0.3, -0.25) is 4.79 Å². The van der Waals surface area contributed by atoms with Crippen molar-refractivity contribution < 1.29 is 19.0 Å². The molecule has 0 aliphatic heterocycles. The molecule has 6 heteroatoms. The van der Waals surface area contributed by atoms with E-state index in [1.54, 1.807) is 43.4 Å². The molecule has 0 spiro atoms. The van der Waals surface area contributed by atoms with Crippen LogP contribution in [0.2, 0.25) is 0 Å². The molecule has 0 N–H and O–H groups in total. The molecule has 0 aliphatic carbocycles. The van der Waals surface area contributed by atoms with E-state index in [-0.39, 0.29) is 12.5 Å². The molecule has 6 nitrogen and oxygen atoms in total. The Bertz CT molecular complexity index is 781. The highest BCUT2D eigenvalue weighted by molar-refractivity contribution is 5.77. The fourth-order valence-electron chi connectivity index (χ4n) is 2.44. The Hall–Kier alpha value is -3.20. The van der Waals surface area contributed by atoms with Gasteiger partial charge in [-0.2, -0.15) is 5.26 Å². The first-order valence-corrected chi connectivity index (χ1v) is 8.22. The number of nitrogens with zero attached hydrogens (tertiary/aromatic N) is 2. The van der Waals surface area contributed by atoms with E-state index in [1.165, 1.54) is 0 Å². The maximum atomic E-state index is 12.4. The molecule has 1 amide bonds. The highest BCUT2D eigenvalue weighted by Gasteiger charge is 2.14. The van der Waals surface area contributed by atoms with Crippen LogP contribution in [-0.2, 0) is 11.3 Å². The molecule has 0 radical (unpaired) electrons. The van der Waals surface area contributed by atoms with Crippen LogP contribution in [0.4, 0.5) is 0 Å². The molecule has 2 aromatic carbocycles. The average molecular weight is 354 g/mol. The van der Waals surface area contributed by atoms with Gasteiger partial charge in [0, 0.05) is 13.1 Å². The Morgan fingerprint density at radius 3 is 2.35 bits per heavy atom. The molecule has 0 bridgehead atoms. The van der Waals surface area contributed by atoms with E-state index in [0.717, 1.165) is 5.56 Å². The molecule has 0 heterocycles. The van der Waals surface area contributed by atoms with Gasteiger partial charge in [0.1, 0.15) is 5.75 Å². The topological polar surface area (TPSA) is 71.8 Å². The first kappa shape index (κ1) is 19.1. The number of ether oxygens (including phenoxy) is 3. The average Bonchev–Trinajstić information content (AvgIpc) is 2.70. The van der Waals surface area contributed by atoms with Crippen molar-refractivity contribution in [3.63, 3.8) is 0 Å². The highest BCUT2D eigenvalue weighted by Crippen LogP contribution is 2.28. The molecule has 0 fully saturated rings. The van der Waals surface area contributed by atoms with E-state index in [2.05, 4.69) is 0 Å².